The molecular formula is C20H29N5O2. The lowest BCUT2D eigenvalue weighted by atomic mass is 10.1. The molecule has 1 atom stereocenters. The lowest BCUT2D eigenvalue weighted by molar-refractivity contribution is 0.0934. The van der Waals surface area contributed by atoms with Crippen molar-refractivity contribution in [1.29, 1.82) is 0 Å². The molecule has 1 unspecified atom stereocenters. The molecule has 1 saturated heterocycles. The molecule has 2 N–H and O–H groups in total. The predicted molar refractivity (Wildman–Crippen MR) is 104 cm³/mol. The molecule has 146 valence electrons. The first kappa shape index (κ1) is 19.4. The van der Waals surface area contributed by atoms with Gasteiger partial charge in [-0.1, -0.05) is 17.3 Å². The second-order valence-electron chi connectivity index (χ2n) is 7.38. The zero-order chi connectivity index (χ0) is 19.4. The molecule has 0 aliphatic carbocycles. The number of piperidine rings is 1. The van der Waals surface area contributed by atoms with Gasteiger partial charge in [0.2, 0.25) is 0 Å². The van der Waals surface area contributed by atoms with E-state index >= 15 is 0 Å². The molecule has 0 bridgehead atoms. The Kier molecular flexibility index (Phi) is 6.11. The summed E-state index contributed by atoms with van der Waals surface area (Å²) in [5.41, 5.74) is 2.21. The summed E-state index contributed by atoms with van der Waals surface area (Å²) in [4.78, 5) is 12.7. The van der Waals surface area contributed by atoms with Crippen molar-refractivity contribution in [2.75, 3.05) is 13.1 Å². The molecular weight excluding hydrogens is 342 g/mol. The number of rotatable bonds is 6. The van der Waals surface area contributed by atoms with E-state index in [-0.39, 0.29) is 18.1 Å². The van der Waals surface area contributed by atoms with Crippen LogP contribution in [0, 0.1) is 6.92 Å². The van der Waals surface area contributed by atoms with Crippen LogP contribution in [0.15, 0.2) is 24.3 Å². The van der Waals surface area contributed by atoms with E-state index in [1.807, 2.05) is 56.6 Å². The van der Waals surface area contributed by atoms with Crippen molar-refractivity contribution in [2.45, 2.75) is 58.7 Å². The number of carbonyl (C=O) groups is 1. The number of amides is 1. The van der Waals surface area contributed by atoms with Crippen LogP contribution >= 0.6 is 0 Å². The van der Waals surface area contributed by atoms with Gasteiger partial charge in [-0.15, -0.1) is 5.10 Å². The largest absolute Gasteiger partial charge is 0.491 e. The van der Waals surface area contributed by atoms with Crippen LogP contribution in [0.2, 0.25) is 0 Å². The van der Waals surface area contributed by atoms with Crippen molar-refractivity contribution >= 4 is 5.91 Å². The summed E-state index contributed by atoms with van der Waals surface area (Å²) >= 11 is 0. The fraction of sp³-hybridized carbons (Fsp3) is 0.550. The van der Waals surface area contributed by atoms with Crippen molar-refractivity contribution in [3.63, 3.8) is 0 Å². The summed E-state index contributed by atoms with van der Waals surface area (Å²) in [6.07, 6.45) is 2.12. The van der Waals surface area contributed by atoms with Gasteiger partial charge in [-0.05, 0) is 71.3 Å². The van der Waals surface area contributed by atoms with Crippen molar-refractivity contribution in [1.82, 2.24) is 25.6 Å². The highest BCUT2D eigenvalue weighted by molar-refractivity contribution is 5.93. The summed E-state index contributed by atoms with van der Waals surface area (Å²) in [7, 11) is 0. The Morgan fingerprint density at radius 3 is 2.74 bits per heavy atom. The van der Waals surface area contributed by atoms with Gasteiger partial charge in [-0.3, -0.25) is 4.79 Å². The van der Waals surface area contributed by atoms with E-state index < -0.39 is 0 Å². The van der Waals surface area contributed by atoms with E-state index in [9.17, 15) is 4.79 Å². The second-order valence-corrected chi connectivity index (χ2v) is 7.38. The maximum Gasteiger partial charge on any atom is 0.274 e. The number of benzene rings is 1. The molecule has 2 aromatic rings. The minimum atomic E-state index is -0.199. The normalized spacial score (nSPS) is 16.3. The third-order valence-electron chi connectivity index (χ3n) is 4.87. The topological polar surface area (TPSA) is 81.1 Å². The number of nitrogens with zero attached hydrogens (tertiary/aromatic N) is 3. The molecule has 27 heavy (non-hydrogen) atoms. The minimum absolute atomic E-state index is 0.109. The van der Waals surface area contributed by atoms with Crippen molar-refractivity contribution < 1.29 is 9.53 Å². The van der Waals surface area contributed by atoms with Gasteiger partial charge in [0.15, 0.2) is 5.69 Å². The quantitative estimate of drug-likeness (QED) is 0.816. The van der Waals surface area contributed by atoms with Crippen LogP contribution in [-0.2, 0) is 0 Å². The summed E-state index contributed by atoms with van der Waals surface area (Å²) in [5, 5.41) is 14.8. The molecule has 1 aromatic heterocycles. The van der Waals surface area contributed by atoms with Crippen LogP contribution in [0.5, 0.6) is 5.75 Å². The van der Waals surface area contributed by atoms with Crippen molar-refractivity contribution in [3.8, 4) is 5.75 Å². The molecule has 0 saturated carbocycles. The average molecular weight is 371 g/mol. The van der Waals surface area contributed by atoms with Crippen LogP contribution in [0.4, 0.5) is 0 Å². The molecule has 7 nitrogen and oxygen atoms in total. The summed E-state index contributed by atoms with van der Waals surface area (Å²) < 4.78 is 7.64. The maximum atomic E-state index is 12.7. The van der Waals surface area contributed by atoms with E-state index in [0.29, 0.717) is 11.7 Å². The fourth-order valence-corrected chi connectivity index (χ4v) is 3.43. The van der Waals surface area contributed by atoms with Gasteiger partial charge < -0.3 is 15.4 Å². The minimum Gasteiger partial charge on any atom is -0.491 e. The Morgan fingerprint density at radius 1 is 1.30 bits per heavy atom. The third kappa shape index (κ3) is 4.66. The first-order valence-corrected chi connectivity index (χ1v) is 9.65. The van der Waals surface area contributed by atoms with Gasteiger partial charge in [0.25, 0.3) is 5.91 Å². The van der Waals surface area contributed by atoms with Gasteiger partial charge >= 0.3 is 0 Å². The third-order valence-corrected chi connectivity index (χ3v) is 4.87. The SMILES string of the molecule is Cc1c(C(=O)NC(C)c2cccc(OC(C)C)c2)nnn1C1CCNCC1. The number of aromatic nitrogens is 3. The van der Waals surface area contributed by atoms with Gasteiger partial charge in [0, 0.05) is 0 Å². The van der Waals surface area contributed by atoms with Gasteiger partial charge in [-0.2, -0.15) is 0 Å². The van der Waals surface area contributed by atoms with Gasteiger partial charge in [0.1, 0.15) is 5.75 Å². The summed E-state index contributed by atoms with van der Waals surface area (Å²) in [6.45, 7) is 9.80. The van der Waals surface area contributed by atoms with Crippen LogP contribution in [0.25, 0.3) is 0 Å². The van der Waals surface area contributed by atoms with Crippen LogP contribution in [0.1, 0.15) is 67.4 Å². The molecule has 2 heterocycles. The highest BCUT2D eigenvalue weighted by atomic mass is 16.5. The number of ether oxygens (including phenoxy) is 1. The Bertz CT molecular complexity index is 780. The van der Waals surface area contributed by atoms with Crippen molar-refractivity contribution in [2.24, 2.45) is 0 Å². The van der Waals surface area contributed by atoms with Gasteiger partial charge in [-0.25, -0.2) is 4.68 Å². The molecule has 1 aliphatic heterocycles. The predicted octanol–water partition coefficient (Wildman–Crippen LogP) is 2.79. The molecule has 1 aliphatic rings. The molecule has 1 aromatic carbocycles. The molecule has 0 spiro atoms. The summed E-state index contributed by atoms with van der Waals surface area (Å²) in [6, 6.07) is 7.96. The van der Waals surface area contributed by atoms with Crippen LogP contribution < -0.4 is 15.4 Å². The van der Waals surface area contributed by atoms with E-state index in [2.05, 4.69) is 20.9 Å². The number of hydrogen-bond acceptors (Lipinski definition) is 5. The van der Waals surface area contributed by atoms with E-state index in [0.717, 1.165) is 42.9 Å². The molecule has 1 amide bonds. The van der Waals surface area contributed by atoms with Crippen molar-refractivity contribution in [3.05, 3.63) is 41.2 Å². The van der Waals surface area contributed by atoms with Crippen LogP contribution in [-0.4, -0.2) is 40.1 Å². The van der Waals surface area contributed by atoms with Gasteiger partial charge in [0.05, 0.1) is 23.9 Å². The lowest BCUT2D eigenvalue weighted by Gasteiger charge is -2.23. The zero-order valence-electron chi connectivity index (χ0n) is 16.5. The first-order chi connectivity index (χ1) is 13.0. The van der Waals surface area contributed by atoms with E-state index in [1.54, 1.807) is 0 Å². The van der Waals surface area contributed by atoms with E-state index in [1.165, 1.54) is 0 Å². The Balaban J connectivity index is 1.69. The number of carbonyl (C=O) groups excluding carboxylic acids is 1. The lowest BCUT2D eigenvalue weighted by Crippen LogP contribution is -2.31. The highest BCUT2D eigenvalue weighted by Crippen LogP contribution is 2.22. The molecule has 1 fully saturated rings. The Hall–Kier alpha value is -2.41. The molecule has 7 heteroatoms. The second kappa shape index (κ2) is 8.52. The molecule has 3 rings (SSSR count). The molecule has 0 radical (unpaired) electrons. The number of hydrogen-bond donors (Lipinski definition) is 2. The Labute approximate surface area is 160 Å². The fourth-order valence-electron chi connectivity index (χ4n) is 3.43. The smallest absolute Gasteiger partial charge is 0.274 e. The first-order valence-electron chi connectivity index (χ1n) is 9.65. The maximum absolute atomic E-state index is 12.7. The summed E-state index contributed by atoms with van der Waals surface area (Å²) in [5.74, 6) is 0.604. The van der Waals surface area contributed by atoms with Crippen LogP contribution in [0.3, 0.4) is 0 Å². The Morgan fingerprint density at radius 2 is 2.04 bits per heavy atom. The number of nitrogens with one attached hydrogen (secondary N) is 2. The average Bonchev–Trinajstić information content (AvgIpc) is 3.03. The highest BCUT2D eigenvalue weighted by Gasteiger charge is 2.23. The zero-order valence-corrected chi connectivity index (χ0v) is 16.5. The monoisotopic (exact) mass is 371 g/mol. The van der Waals surface area contributed by atoms with E-state index in [4.69, 9.17) is 4.74 Å². The standard InChI is InChI=1S/C20H29N5O2/c1-13(2)27-18-7-5-6-16(12-18)14(3)22-20(26)19-15(4)25(24-23-19)17-8-10-21-11-9-17/h5-7,12-14,17,21H,8-11H2,1-4H3,(H,22,26).